The monoisotopic (exact) mass is 362 g/mol. The number of hydrogen-bond donors (Lipinski definition) is 1. The third-order valence-electron chi connectivity index (χ3n) is 4.63. The van der Waals surface area contributed by atoms with Crippen molar-refractivity contribution in [2.75, 3.05) is 24.5 Å². The maximum atomic E-state index is 12.4. The van der Waals surface area contributed by atoms with Gasteiger partial charge in [-0.15, -0.1) is 0 Å². The van der Waals surface area contributed by atoms with Gasteiger partial charge in [-0.2, -0.15) is 5.10 Å². The Bertz CT molecular complexity index is 856. The molecule has 5 heteroatoms. The standard InChI is InChI=1S/C22H26N4O/c1-3-25(21-8-5-4-7-18(21)2)16-14-23-22(27)20-11-9-19(10-12-20)17-26-15-6-13-24-26/h4-13,15H,3,14,16-17H2,1-2H3,(H,23,27). The maximum absolute atomic E-state index is 12.4. The lowest BCUT2D eigenvalue weighted by Crippen LogP contribution is -2.35. The fourth-order valence-electron chi connectivity index (χ4n) is 3.12. The molecule has 27 heavy (non-hydrogen) atoms. The average molecular weight is 362 g/mol. The number of nitrogens with one attached hydrogen (secondary N) is 1. The van der Waals surface area contributed by atoms with Gasteiger partial charge in [0.25, 0.3) is 5.91 Å². The third kappa shape index (κ3) is 4.97. The first-order chi connectivity index (χ1) is 13.2. The van der Waals surface area contributed by atoms with Crippen molar-refractivity contribution in [2.24, 2.45) is 0 Å². The van der Waals surface area contributed by atoms with E-state index >= 15 is 0 Å². The van der Waals surface area contributed by atoms with Crippen molar-refractivity contribution in [1.82, 2.24) is 15.1 Å². The molecule has 0 aliphatic heterocycles. The summed E-state index contributed by atoms with van der Waals surface area (Å²) in [5.74, 6) is -0.0403. The number of anilines is 1. The molecule has 3 rings (SSSR count). The summed E-state index contributed by atoms with van der Waals surface area (Å²) in [6.07, 6.45) is 3.69. The molecule has 0 saturated carbocycles. The second kappa shape index (κ2) is 9.03. The third-order valence-corrected chi connectivity index (χ3v) is 4.63. The number of amides is 1. The Kier molecular flexibility index (Phi) is 6.26. The van der Waals surface area contributed by atoms with Crippen molar-refractivity contribution in [3.8, 4) is 0 Å². The Balaban J connectivity index is 1.52. The molecule has 1 heterocycles. The van der Waals surface area contributed by atoms with Crippen LogP contribution in [-0.4, -0.2) is 35.3 Å². The van der Waals surface area contributed by atoms with Gasteiger partial charge in [-0.05, 0) is 49.2 Å². The molecule has 0 radical (unpaired) electrons. The van der Waals surface area contributed by atoms with Gasteiger partial charge in [0.1, 0.15) is 0 Å². The number of benzene rings is 2. The Morgan fingerprint density at radius 3 is 2.56 bits per heavy atom. The molecule has 0 atom stereocenters. The number of likely N-dealkylation sites (N-methyl/N-ethyl adjacent to an activating group) is 1. The van der Waals surface area contributed by atoms with Crippen LogP contribution in [0.2, 0.25) is 0 Å². The van der Waals surface area contributed by atoms with E-state index in [1.54, 1.807) is 6.20 Å². The van der Waals surface area contributed by atoms with Gasteiger partial charge >= 0.3 is 0 Å². The summed E-state index contributed by atoms with van der Waals surface area (Å²) >= 11 is 0. The molecule has 2 aromatic carbocycles. The predicted molar refractivity (Wildman–Crippen MR) is 109 cm³/mol. The van der Waals surface area contributed by atoms with Crippen LogP contribution in [0.5, 0.6) is 0 Å². The average Bonchev–Trinajstić information content (AvgIpc) is 3.19. The van der Waals surface area contributed by atoms with E-state index in [1.165, 1.54) is 11.3 Å². The molecule has 1 N–H and O–H groups in total. The van der Waals surface area contributed by atoms with E-state index in [9.17, 15) is 4.79 Å². The highest BCUT2D eigenvalue weighted by Gasteiger charge is 2.09. The Morgan fingerprint density at radius 2 is 1.89 bits per heavy atom. The van der Waals surface area contributed by atoms with Crippen molar-refractivity contribution in [1.29, 1.82) is 0 Å². The van der Waals surface area contributed by atoms with E-state index in [0.29, 0.717) is 18.7 Å². The number of para-hydroxylation sites is 1. The first-order valence-corrected chi connectivity index (χ1v) is 9.32. The number of rotatable bonds is 8. The van der Waals surface area contributed by atoms with Crippen LogP contribution < -0.4 is 10.2 Å². The molecule has 0 aliphatic carbocycles. The van der Waals surface area contributed by atoms with Crippen LogP contribution in [-0.2, 0) is 6.54 Å². The molecule has 5 nitrogen and oxygen atoms in total. The zero-order valence-corrected chi connectivity index (χ0v) is 15.9. The lowest BCUT2D eigenvalue weighted by Gasteiger charge is -2.25. The predicted octanol–water partition coefficient (Wildman–Crippen LogP) is 3.50. The molecule has 1 aromatic heterocycles. The SMILES string of the molecule is CCN(CCNC(=O)c1ccc(Cn2cccn2)cc1)c1ccccc1C. The van der Waals surface area contributed by atoms with Crippen LogP contribution in [0.15, 0.2) is 67.0 Å². The number of aryl methyl sites for hydroxylation is 1. The number of nitrogens with zero attached hydrogens (tertiary/aromatic N) is 3. The summed E-state index contributed by atoms with van der Waals surface area (Å²) in [5.41, 5.74) is 4.26. The quantitative estimate of drug-likeness (QED) is 0.667. The number of carbonyl (C=O) groups is 1. The molecule has 0 bridgehead atoms. The summed E-state index contributed by atoms with van der Waals surface area (Å²) in [6, 6.07) is 17.9. The van der Waals surface area contributed by atoms with Crippen molar-refractivity contribution >= 4 is 11.6 Å². The van der Waals surface area contributed by atoms with Crippen LogP contribution in [0.25, 0.3) is 0 Å². The van der Waals surface area contributed by atoms with E-state index in [2.05, 4.69) is 41.3 Å². The molecule has 0 aliphatic rings. The minimum atomic E-state index is -0.0403. The van der Waals surface area contributed by atoms with Gasteiger partial charge in [-0.1, -0.05) is 30.3 Å². The first kappa shape index (κ1) is 18.7. The van der Waals surface area contributed by atoms with Crippen molar-refractivity contribution in [3.05, 3.63) is 83.7 Å². The number of hydrogen-bond acceptors (Lipinski definition) is 3. The molecular formula is C22H26N4O. The van der Waals surface area contributed by atoms with Gasteiger partial charge < -0.3 is 10.2 Å². The first-order valence-electron chi connectivity index (χ1n) is 9.32. The van der Waals surface area contributed by atoms with E-state index in [1.807, 2.05) is 53.3 Å². The molecule has 0 unspecified atom stereocenters. The molecule has 3 aromatic rings. The molecule has 0 fully saturated rings. The lowest BCUT2D eigenvalue weighted by molar-refractivity contribution is 0.0954. The lowest BCUT2D eigenvalue weighted by atomic mass is 10.1. The molecule has 0 saturated heterocycles. The van der Waals surface area contributed by atoms with E-state index in [4.69, 9.17) is 0 Å². The van der Waals surface area contributed by atoms with Gasteiger partial charge in [-0.3, -0.25) is 9.48 Å². The van der Waals surface area contributed by atoms with Crippen LogP contribution in [0.1, 0.15) is 28.4 Å². The van der Waals surface area contributed by atoms with Gasteiger partial charge in [-0.25, -0.2) is 0 Å². The van der Waals surface area contributed by atoms with Crippen LogP contribution >= 0.6 is 0 Å². The zero-order valence-electron chi connectivity index (χ0n) is 15.9. The Morgan fingerprint density at radius 1 is 1.11 bits per heavy atom. The molecular weight excluding hydrogens is 336 g/mol. The van der Waals surface area contributed by atoms with Crippen molar-refractivity contribution in [2.45, 2.75) is 20.4 Å². The second-order valence-electron chi connectivity index (χ2n) is 6.52. The van der Waals surface area contributed by atoms with E-state index < -0.39 is 0 Å². The highest BCUT2D eigenvalue weighted by atomic mass is 16.1. The molecule has 1 amide bonds. The van der Waals surface area contributed by atoms with Gasteiger partial charge in [0, 0.05) is 43.3 Å². The van der Waals surface area contributed by atoms with Crippen LogP contribution in [0, 0.1) is 6.92 Å². The van der Waals surface area contributed by atoms with Crippen LogP contribution in [0.4, 0.5) is 5.69 Å². The highest BCUT2D eigenvalue weighted by Crippen LogP contribution is 2.18. The molecule has 0 spiro atoms. The summed E-state index contributed by atoms with van der Waals surface area (Å²) in [4.78, 5) is 14.7. The minimum absolute atomic E-state index is 0.0403. The summed E-state index contributed by atoms with van der Waals surface area (Å²) in [6.45, 7) is 7.24. The zero-order chi connectivity index (χ0) is 19.1. The minimum Gasteiger partial charge on any atom is -0.370 e. The maximum Gasteiger partial charge on any atom is 0.251 e. The summed E-state index contributed by atoms with van der Waals surface area (Å²) in [5, 5.41) is 7.22. The summed E-state index contributed by atoms with van der Waals surface area (Å²) < 4.78 is 1.86. The topological polar surface area (TPSA) is 50.2 Å². The van der Waals surface area contributed by atoms with E-state index in [-0.39, 0.29) is 5.91 Å². The van der Waals surface area contributed by atoms with Gasteiger partial charge in [0.05, 0.1) is 6.54 Å². The van der Waals surface area contributed by atoms with Gasteiger partial charge in [0.15, 0.2) is 0 Å². The molecule has 140 valence electrons. The Hall–Kier alpha value is -3.08. The normalized spacial score (nSPS) is 10.6. The summed E-state index contributed by atoms with van der Waals surface area (Å²) in [7, 11) is 0. The largest absolute Gasteiger partial charge is 0.370 e. The van der Waals surface area contributed by atoms with E-state index in [0.717, 1.165) is 18.7 Å². The number of aromatic nitrogens is 2. The smallest absolute Gasteiger partial charge is 0.251 e. The van der Waals surface area contributed by atoms with Crippen molar-refractivity contribution < 1.29 is 4.79 Å². The fraction of sp³-hybridized carbons (Fsp3) is 0.273. The van der Waals surface area contributed by atoms with Gasteiger partial charge in [0.2, 0.25) is 0 Å². The number of carbonyl (C=O) groups excluding carboxylic acids is 1. The second-order valence-corrected chi connectivity index (χ2v) is 6.52. The highest BCUT2D eigenvalue weighted by molar-refractivity contribution is 5.94. The van der Waals surface area contributed by atoms with Crippen molar-refractivity contribution in [3.63, 3.8) is 0 Å². The Labute approximate surface area is 160 Å². The fourth-order valence-corrected chi connectivity index (χ4v) is 3.12. The van der Waals surface area contributed by atoms with Crippen LogP contribution in [0.3, 0.4) is 0 Å².